The maximum Gasteiger partial charge on any atom is 0.128 e. The van der Waals surface area contributed by atoms with Crippen LogP contribution >= 0.6 is 0 Å². The fourth-order valence-corrected chi connectivity index (χ4v) is 1.11. The van der Waals surface area contributed by atoms with Gasteiger partial charge in [0.05, 0.1) is 6.67 Å². The first-order chi connectivity index (χ1) is 5.70. The predicted octanol–water partition coefficient (Wildman–Crippen LogP) is 3.46. The number of halogens is 3. The van der Waals surface area contributed by atoms with Gasteiger partial charge in [0, 0.05) is 0 Å². The zero-order valence-corrected chi connectivity index (χ0v) is 7.53. The average molecular weight is 182 g/mol. The molecule has 74 valence electrons. The molecule has 0 nitrogen and oxygen atoms in total. The summed E-state index contributed by atoms with van der Waals surface area (Å²) in [6.07, 6.45) is 0.913. The number of alkyl halides is 3. The fraction of sp³-hybridized carbons (Fsp3) is 1.00. The van der Waals surface area contributed by atoms with Crippen LogP contribution in [0.4, 0.5) is 13.2 Å². The highest BCUT2D eigenvalue weighted by molar-refractivity contribution is 4.59. The summed E-state index contributed by atoms with van der Waals surface area (Å²) in [7, 11) is 0. The zero-order chi connectivity index (χ0) is 9.40. The summed E-state index contributed by atoms with van der Waals surface area (Å²) in [5, 5.41) is 0. The normalized spacial score (nSPS) is 16.0. The molecule has 0 rings (SSSR count). The Morgan fingerprint density at radius 3 is 2.25 bits per heavy atom. The molecule has 0 aliphatic rings. The molecule has 12 heavy (non-hydrogen) atoms. The van der Waals surface area contributed by atoms with E-state index >= 15 is 0 Å². The van der Waals surface area contributed by atoms with Gasteiger partial charge >= 0.3 is 0 Å². The van der Waals surface area contributed by atoms with E-state index < -0.39 is 12.8 Å². The molecule has 0 aromatic carbocycles. The van der Waals surface area contributed by atoms with Crippen LogP contribution in [0, 0.1) is 5.92 Å². The van der Waals surface area contributed by atoms with E-state index in [4.69, 9.17) is 0 Å². The van der Waals surface area contributed by atoms with E-state index in [-0.39, 0.29) is 13.1 Å². The van der Waals surface area contributed by atoms with E-state index in [9.17, 15) is 13.2 Å². The third kappa shape index (κ3) is 6.50. The largest absolute Gasteiger partial charge is 0.251 e. The minimum Gasteiger partial charge on any atom is -0.251 e. The van der Waals surface area contributed by atoms with Crippen LogP contribution in [0.15, 0.2) is 0 Å². The average Bonchev–Trinajstić information content (AvgIpc) is 2.10. The molecule has 0 aromatic heterocycles. The second kappa shape index (κ2) is 7.44. The summed E-state index contributed by atoms with van der Waals surface area (Å²) in [4.78, 5) is 0. The van der Waals surface area contributed by atoms with Gasteiger partial charge in [-0.05, 0) is 31.6 Å². The Morgan fingerprint density at radius 2 is 1.75 bits per heavy atom. The Bertz CT molecular complexity index is 95.8. The van der Waals surface area contributed by atoms with Gasteiger partial charge in [0.1, 0.15) is 12.8 Å². The fourth-order valence-electron chi connectivity index (χ4n) is 1.11. The molecule has 0 heterocycles. The van der Waals surface area contributed by atoms with Gasteiger partial charge in [-0.2, -0.15) is 0 Å². The molecule has 0 amide bonds. The van der Waals surface area contributed by atoms with E-state index in [2.05, 4.69) is 0 Å². The van der Waals surface area contributed by atoms with Gasteiger partial charge in [0.15, 0.2) is 0 Å². The highest BCUT2D eigenvalue weighted by Gasteiger charge is 2.08. The molecule has 0 aromatic rings. The molecule has 0 saturated heterocycles. The van der Waals surface area contributed by atoms with Crippen LogP contribution in [-0.2, 0) is 0 Å². The Balaban J connectivity index is 3.24. The molecule has 0 bridgehead atoms. The van der Waals surface area contributed by atoms with Crippen LogP contribution in [0.5, 0.6) is 0 Å². The first kappa shape index (κ1) is 11.8. The van der Waals surface area contributed by atoms with E-state index in [1.807, 2.05) is 6.92 Å². The molecule has 0 spiro atoms. The van der Waals surface area contributed by atoms with Gasteiger partial charge in [0.2, 0.25) is 0 Å². The highest BCUT2D eigenvalue weighted by atomic mass is 19.2. The van der Waals surface area contributed by atoms with Gasteiger partial charge in [-0.25, -0.2) is 8.78 Å². The van der Waals surface area contributed by atoms with Crippen molar-refractivity contribution in [1.29, 1.82) is 0 Å². The van der Waals surface area contributed by atoms with Crippen molar-refractivity contribution in [2.24, 2.45) is 5.92 Å². The second-order valence-electron chi connectivity index (χ2n) is 3.27. The lowest BCUT2D eigenvalue weighted by Crippen LogP contribution is -2.05. The van der Waals surface area contributed by atoms with Crippen LogP contribution in [0.25, 0.3) is 0 Å². The Kier molecular flexibility index (Phi) is 7.31. The van der Waals surface area contributed by atoms with Crippen molar-refractivity contribution < 1.29 is 13.2 Å². The standard InChI is InChI=1S/C9H17F3/c1-8(3-2-6-10)4-5-9(12)7-11/h8-9H,2-7H2,1H3. The molecule has 0 aliphatic heterocycles. The topological polar surface area (TPSA) is 0 Å². The van der Waals surface area contributed by atoms with Gasteiger partial charge < -0.3 is 0 Å². The maximum atomic E-state index is 12.4. The van der Waals surface area contributed by atoms with E-state index in [0.29, 0.717) is 18.8 Å². The molecular weight excluding hydrogens is 165 g/mol. The third-order valence-electron chi connectivity index (χ3n) is 1.97. The van der Waals surface area contributed by atoms with Crippen LogP contribution in [0.3, 0.4) is 0 Å². The molecule has 2 unspecified atom stereocenters. The summed E-state index contributed by atoms with van der Waals surface area (Å²) < 4.78 is 35.7. The third-order valence-corrected chi connectivity index (χ3v) is 1.97. The molecule has 0 aliphatic carbocycles. The van der Waals surface area contributed by atoms with Gasteiger partial charge in [-0.1, -0.05) is 6.92 Å². The summed E-state index contributed by atoms with van der Waals surface area (Å²) in [6, 6.07) is 0. The molecule has 0 saturated carbocycles. The first-order valence-corrected chi connectivity index (χ1v) is 4.46. The molecular formula is C9H17F3. The van der Waals surface area contributed by atoms with Crippen molar-refractivity contribution in [3.8, 4) is 0 Å². The minimum atomic E-state index is -1.32. The first-order valence-electron chi connectivity index (χ1n) is 4.46. The minimum absolute atomic E-state index is 0.268. The smallest absolute Gasteiger partial charge is 0.128 e. The lowest BCUT2D eigenvalue weighted by molar-refractivity contribution is 0.230. The lowest BCUT2D eigenvalue weighted by atomic mass is 9.99. The Hall–Kier alpha value is -0.210. The van der Waals surface area contributed by atoms with Gasteiger partial charge in [-0.3, -0.25) is 4.39 Å². The molecule has 3 heteroatoms. The van der Waals surface area contributed by atoms with Gasteiger partial charge in [-0.15, -0.1) is 0 Å². The quantitative estimate of drug-likeness (QED) is 0.565. The van der Waals surface area contributed by atoms with Crippen LogP contribution in [0.2, 0.25) is 0 Å². The van der Waals surface area contributed by atoms with Crippen molar-refractivity contribution in [3.63, 3.8) is 0 Å². The molecule has 2 atom stereocenters. The number of rotatable bonds is 7. The number of hydrogen-bond acceptors (Lipinski definition) is 0. The van der Waals surface area contributed by atoms with Crippen LogP contribution in [0.1, 0.15) is 32.6 Å². The van der Waals surface area contributed by atoms with Gasteiger partial charge in [0.25, 0.3) is 0 Å². The molecule has 0 radical (unpaired) electrons. The lowest BCUT2D eigenvalue weighted by Gasteiger charge is -2.10. The number of hydrogen-bond donors (Lipinski definition) is 0. The highest BCUT2D eigenvalue weighted by Crippen LogP contribution is 2.15. The predicted molar refractivity (Wildman–Crippen MR) is 44.5 cm³/mol. The van der Waals surface area contributed by atoms with Crippen molar-refractivity contribution in [2.45, 2.75) is 38.8 Å². The van der Waals surface area contributed by atoms with E-state index in [0.717, 1.165) is 6.42 Å². The summed E-state index contributed by atoms with van der Waals surface area (Å²) in [5.74, 6) is 0.311. The van der Waals surface area contributed by atoms with Crippen LogP contribution in [-0.4, -0.2) is 19.5 Å². The molecule has 0 fully saturated rings. The van der Waals surface area contributed by atoms with E-state index in [1.54, 1.807) is 0 Å². The maximum absolute atomic E-state index is 12.4. The Labute approximate surface area is 72.2 Å². The monoisotopic (exact) mass is 182 g/mol. The summed E-state index contributed by atoms with van der Waals surface area (Å²) in [5.41, 5.74) is 0. The SMILES string of the molecule is CC(CCCF)CCC(F)CF. The van der Waals surface area contributed by atoms with E-state index in [1.165, 1.54) is 0 Å². The van der Waals surface area contributed by atoms with Crippen molar-refractivity contribution in [3.05, 3.63) is 0 Å². The van der Waals surface area contributed by atoms with Crippen molar-refractivity contribution in [2.75, 3.05) is 13.3 Å². The zero-order valence-electron chi connectivity index (χ0n) is 7.53. The summed E-state index contributed by atoms with van der Waals surface area (Å²) in [6.45, 7) is 0.739. The van der Waals surface area contributed by atoms with Crippen molar-refractivity contribution >= 4 is 0 Å². The van der Waals surface area contributed by atoms with Crippen molar-refractivity contribution in [1.82, 2.24) is 0 Å². The molecule has 0 N–H and O–H groups in total. The van der Waals surface area contributed by atoms with Crippen LogP contribution < -0.4 is 0 Å². The Morgan fingerprint density at radius 1 is 1.08 bits per heavy atom. The second-order valence-corrected chi connectivity index (χ2v) is 3.27. The summed E-state index contributed by atoms with van der Waals surface area (Å²) >= 11 is 0.